The lowest BCUT2D eigenvalue weighted by Crippen LogP contribution is -2.90. The number of carboxylic acid groups (broad SMARTS) is 1. The van der Waals surface area contributed by atoms with Crippen molar-refractivity contribution in [3.05, 3.63) is 29.8 Å². The second-order valence-corrected chi connectivity index (χ2v) is 6.17. The Morgan fingerprint density at radius 3 is 2.75 bits per heavy atom. The van der Waals surface area contributed by atoms with Gasteiger partial charge in [-0.2, -0.15) is 0 Å². The summed E-state index contributed by atoms with van der Waals surface area (Å²) < 4.78 is 5.66. The summed E-state index contributed by atoms with van der Waals surface area (Å²) in [7, 11) is 0. The molecule has 5 heteroatoms. The molecule has 0 aliphatic carbocycles. The van der Waals surface area contributed by atoms with E-state index >= 15 is 0 Å². The number of benzene rings is 1. The minimum Gasteiger partial charge on any atom is -0.544 e. The summed E-state index contributed by atoms with van der Waals surface area (Å²) in [5.74, 6) is 0.502. The summed E-state index contributed by atoms with van der Waals surface area (Å²) in [5, 5.41) is 12.8. The van der Waals surface area contributed by atoms with Crippen molar-refractivity contribution in [1.29, 1.82) is 0 Å². The van der Waals surface area contributed by atoms with Gasteiger partial charge in [-0.15, -0.1) is 0 Å². The molecule has 110 valence electrons. The van der Waals surface area contributed by atoms with E-state index in [1.54, 1.807) is 11.8 Å². The first kappa shape index (κ1) is 15.2. The van der Waals surface area contributed by atoms with Crippen LogP contribution in [0.5, 0.6) is 5.75 Å². The predicted molar refractivity (Wildman–Crippen MR) is 77.4 cm³/mol. The number of thioether (sulfide) groups is 1. The Morgan fingerprint density at radius 2 is 2.15 bits per heavy atom. The van der Waals surface area contributed by atoms with Crippen LogP contribution in [0.15, 0.2) is 24.3 Å². The highest BCUT2D eigenvalue weighted by Crippen LogP contribution is 2.28. The van der Waals surface area contributed by atoms with Crippen LogP contribution >= 0.6 is 11.8 Å². The Bertz CT molecular complexity index is 435. The minimum absolute atomic E-state index is 0.145. The zero-order valence-corrected chi connectivity index (χ0v) is 12.5. The van der Waals surface area contributed by atoms with Crippen molar-refractivity contribution in [3.63, 3.8) is 0 Å². The molecule has 0 saturated carbocycles. The number of aliphatic carboxylic acids is 1. The molecule has 2 rings (SSSR count). The first-order chi connectivity index (χ1) is 9.70. The van der Waals surface area contributed by atoms with E-state index < -0.39 is 12.0 Å². The van der Waals surface area contributed by atoms with Crippen LogP contribution in [-0.2, 0) is 4.79 Å². The highest BCUT2D eigenvalue weighted by atomic mass is 32.2. The standard InChI is InChI=1S/C15H21NO3S/c1-2-3-4-9-19-12-7-5-11(6-8-12)14-16-13(10-20-14)15(17)18/h5-8,13-14,16H,2-4,9-10H2,1H3,(H,17,18)/t13-,14+/m0/s1. The van der Waals surface area contributed by atoms with Crippen LogP contribution in [0, 0.1) is 0 Å². The monoisotopic (exact) mass is 295 g/mol. The van der Waals surface area contributed by atoms with Gasteiger partial charge in [0, 0.05) is 5.56 Å². The van der Waals surface area contributed by atoms with Gasteiger partial charge in [0.15, 0.2) is 5.37 Å². The first-order valence-electron chi connectivity index (χ1n) is 7.11. The number of carbonyl (C=O) groups excluding carboxylic acids is 1. The molecule has 1 saturated heterocycles. The van der Waals surface area contributed by atoms with Gasteiger partial charge in [0.2, 0.25) is 0 Å². The fourth-order valence-corrected chi connectivity index (χ4v) is 3.49. The summed E-state index contributed by atoms with van der Waals surface area (Å²) in [5.41, 5.74) is 1.12. The third kappa shape index (κ3) is 4.15. The number of hydrogen-bond acceptors (Lipinski definition) is 4. The number of quaternary nitrogens is 1. The summed E-state index contributed by atoms with van der Waals surface area (Å²) in [6.07, 6.45) is 3.46. The Labute approximate surface area is 123 Å². The van der Waals surface area contributed by atoms with Gasteiger partial charge in [0.25, 0.3) is 0 Å². The maximum atomic E-state index is 10.8. The molecule has 2 N–H and O–H groups in total. The molecule has 0 bridgehead atoms. The average molecular weight is 295 g/mol. The van der Waals surface area contributed by atoms with E-state index in [-0.39, 0.29) is 5.37 Å². The Morgan fingerprint density at radius 1 is 1.40 bits per heavy atom. The van der Waals surface area contributed by atoms with Crippen LogP contribution < -0.4 is 15.2 Å². The summed E-state index contributed by atoms with van der Waals surface area (Å²) in [6.45, 7) is 2.93. The predicted octanol–water partition coefficient (Wildman–Crippen LogP) is 0.683. The molecule has 1 aliphatic heterocycles. The van der Waals surface area contributed by atoms with Crippen LogP contribution in [0.2, 0.25) is 0 Å². The molecule has 1 heterocycles. The molecular weight excluding hydrogens is 274 g/mol. The highest BCUT2D eigenvalue weighted by molar-refractivity contribution is 7.99. The molecule has 0 spiro atoms. The van der Waals surface area contributed by atoms with Gasteiger partial charge in [-0.05, 0) is 30.7 Å². The Hall–Kier alpha value is -1.20. The number of carbonyl (C=O) groups is 1. The van der Waals surface area contributed by atoms with Gasteiger partial charge in [-0.1, -0.05) is 31.5 Å². The minimum atomic E-state index is -0.976. The molecule has 1 fully saturated rings. The van der Waals surface area contributed by atoms with E-state index in [0.717, 1.165) is 24.3 Å². The van der Waals surface area contributed by atoms with E-state index in [4.69, 9.17) is 4.74 Å². The Kier molecular flexibility index (Phi) is 5.73. The van der Waals surface area contributed by atoms with Crippen LogP contribution in [0.25, 0.3) is 0 Å². The van der Waals surface area contributed by atoms with Crippen LogP contribution in [0.1, 0.15) is 37.1 Å². The van der Waals surface area contributed by atoms with E-state index in [2.05, 4.69) is 6.92 Å². The van der Waals surface area contributed by atoms with Crippen LogP contribution in [0.4, 0.5) is 0 Å². The van der Waals surface area contributed by atoms with Crippen molar-refractivity contribution in [1.82, 2.24) is 0 Å². The van der Waals surface area contributed by atoms with Crippen LogP contribution in [-0.4, -0.2) is 24.4 Å². The van der Waals surface area contributed by atoms with Crippen molar-refractivity contribution in [2.75, 3.05) is 12.4 Å². The van der Waals surface area contributed by atoms with E-state index in [0.29, 0.717) is 5.75 Å². The summed E-state index contributed by atoms with van der Waals surface area (Å²) in [6, 6.07) is 7.52. The van der Waals surface area contributed by atoms with Crippen molar-refractivity contribution in [2.45, 2.75) is 37.6 Å². The molecule has 1 aromatic rings. The topological polar surface area (TPSA) is 66.0 Å². The lowest BCUT2D eigenvalue weighted by Gasteiger charge is -2.12. The maximum Gasteiger partial charge on any atom is 0.159 e. The third-order valence-electron chi connectivity index (χ3n) is 3.39. The fourth-order valence-electron chi connectivity index (χ4n) is 2.18. The van der Waals surface area contributed by atoms with E-state index in [9.17, 15) is 9.90 Å². The number of hydrogen-bond donors (Lipinski definition) is 1. The normalized spacial score (nSPS) is 21.9. The summed E-state index contributed by atoms with van der Waals surface area (Å²) in [4.78, 5) is 10.8. The van der Waals surface area contributed by atoms with Crippen molar-refractivity contribution in [3.8, 4) is 5.75 Å². The molecule has 1 aliphatic rings. The van der Waals surface area contributed by atoms with Crippen molar-refractivity contribution >= 4 is 17.7 Å². The second-order valence-electron chi connectivity index (χ2n) is 5.00. The zero-order chi connectivity index (χ0) is 14.4. The van der Waals surface area contributed by atoms with Gasteiger partial charge in [-0.3, -0.25) is 0 Å². The number of carboxylic acids is 1. The molecule has 0 aromatic heterocycles. The largest absolute Gasteiger partial charge is 0.544 e. The van der Waals surface area contributed by atoms with Gasteiger partial charge in [0.05, 0.1) is 12.4 Å². The molecule has 0 radical (unpaired) electrons. The molecule has 0 unspecified atom stereocenters. The lowest BCUT2D eigenvalue weighted by atomic mass is 10.2. The number of unbranched alkanes of at least 4 members (excludes halogenated alkanes) is 2. The van der Waals surface area contributed by atoms with Crippen LogP contribution in [0.3, 0.4) is 0 Å². The van der Waals surface area contributed by atoms with E-state index in [1.807, 2.05) is 29.6 Å². The lowest BCUT2D eigenvalue weighted by molar-refractivity contribution is -0.690. The SMILES string of the molecule is CCCCCOc1ccc([C@@H]2[NH2+][C@H](C(=O)[O-])CS2)cc1. The molecule has 4 nitrogen and oxygen atoms in total. The molecule has 2 atom stereocenters. The number of ether oxygens (including phenoxy) is 1. The highest BCUT2D eigenvalue weighted by Gasteiger charge is 2.30. The summed E-state index contributed by atoms with van der Waals surface area (Å²) >= 11 is 1.65. The first-order valence-corrected chi connectivity index (χ1v) is 8.15. The number of nitrogens with two attached hydrogens (primary N) is 1. The van der Waals surface area contributed by atoms with Gasteiger partial charge >= 0.3 is 0 Å². The van der Waals surface area contributed by atoms with E-state index in [1.165, 1.54) is 12.8 Å². The molecular formula is C15H21NO3S. The molecule has 1 aromatic carbocycles. The average Bonchev–Trinajstić information content (AvgIpc) is 2.94. The quantitative estimate of drug-likeness (QED) is 0.751. The van der Waals surface area contributed by atoms with Crippen molar-refractivity contribution in [2.24, 2.45) is 0 Å². The Balaban J connectivity index is 1.84. The van der Waals surface area contributed by atoms with Gasteiger partial charge in [0.1, 0.15) is 17.8 Å². The smallest absolute Gasteiger partial charge is 0.159 e. The second kappa shape index (κ2) is 7.55. The maximum absolute atomic E-state index is 10.8. The molecule has 0 amide bonds. The van der Waals surface area contributed by atoms with Crippen molar-refractivity contribution < 1.29 is 20.0 Å². The number of rotatable bonds is 7. The zero-order valence-electron chi connectivity index (χ0n) is 11.7. The fraction of sp³-hybridized carbons (Fsp3) is 0.533. The third-order valence-corrected chi connectivity index (χ3v) is 4.73. The molecule has 20 heavy (non-hydrogen) atoms. The van der Waals surface area contributed by atoms with Gasteiger partial charge in [-0.25, -0.2) is 0 Å². The van der Waals surface area contributed by atoms with Gasteiger partial charge < -0.3 is 20.0 Å².